The highest BCUT2D eigenvalue weighted by Crippen LogP contribution is 2.29. The molecule has 0 heterocycles. The van der Waals surface area contributed by atoms with E-state index < -0.39 is 0 Å². The molecule has 2 nitrogen and oxygen atoms in total. The fourth-order valence-electron chi connectivity index (χ4n) is 2.05. The zero-order valence-electron chi connectivity index (χ0n) is 11.9. The molecule has 1 aromatic rings. The van der Waals surface area contributed by atoms with Gasteiger partial charge in [0, 0.05) is 6.07 Å². The second-order valence-corrected chi connectivity index (χ2v) is 4.69. The van der Waals surface area contributed by atoms with Gasteiger partial charge in [-0.1, -0.05) is 32.6 Å². The molecular weight excluding hydrogens is 224 g/mol. The van der Waals surface area contributed by atoms with Gasteiger partial charge in [-0.2, -0.15) is 0 Å². The Morgan fingerprint density at radius 1 is 1.00 bits per heavy atom. The van der Waals surface area contributed by atoms with Crippen LogP contribution in [0.25, 0.3) is 0 Å². The van der Waals surface area contributed by atoms with Crippen molar-refractivity contribution >= 4 is 0 Å². The average molecular weight is 249 g/mol. The van der Waals surface area contributed by atoms with Crippen molar-refractivity contribution in [2.75, 3.05) is 14.2 Å². The van der Waals surface area contributed by atoms with Crippen LogP contribution >= 0.6 is 0 Å². The van der Waals surface area contributed by atoms with E-state index >= 15 is 0 Å². The summed E-state index contributed by atoms with van der Waals surface area (Å²) < 4.78 is 10.6. The summed E-state index contributed by atoms with van der Waals surface area (Å²) in [4.78, 5) is 0. The van der Waals surface area contributed by atoms with Gasteiger partial charge < -0.3 is 9.47 Å². The normalized spacial score (nSPS) is 12.2. The summed E-state index contributed by atoms with van der Waals surface area (Å²) in [5.74, 6) is 1.99. The number of hydrogen-bond acceptors (Lipinski definition) is 2. The molecule has 1 unspecified atom stereocenters. The first-order valence-corrected chi connectivity index (χ1v) is 6.77. The Morgan fingerprint density at radius 3 is 2.11 bits per heavy atom. The highest BCUT2D eigenvalue weighted by molar-refractivity contribution is 5.40. The molecule has 0 fully saturated rings. The van der Waals surface area contributed by atoms with E-state index in [4.69, 9.17) is 9.47 Å². The van der Waals surface area contributed by atoms with E-state index in [9.17, 15) is 0 Å². The number of benzene rings is 1. The molecule has 0 aliphatic rings. The fourth-order valence-corrected chi connectivity index (χ4v) is 2.05. The number of ether oxygens (including phenoxy) is 2. The molecule has 0 aromatic heterocycles. The second kappa shape index (κ2) is 8.02. The molecule has 1 rings (SSSR count). The van der Waals surface area contributed by atoms with Crippen molar-refractivity contribution < 1.29 is 9.47 Å². The van der Waals surface area contributed by atoms with Crippen LogP contribution in [0.4, 0.5) is 0 Å². The molecule has 2 heteroatoms. The van der Waals surface area contributed by atoms with Gasteiger partial charge in [0.2, 0.25) is 0 Å². The zero-order chi connectivity index (χ0) is 13.4. The molecule has 101 valence electrons. The van der Waals surface area contributed by atoms with Gasteiger partial charge in [-0.3, -0.25) is 0 Å². The van der Waals surface area contributed by atoms with Gasteiger partial charge in [-0.25, -0.2) is 0 Å². The van der Waals surface area contributed by atoms with Gasteiger partial charge in [0.05, 0.1) is 14.2 Å². The lowest BCUT2D eigenvalue weighted by Gasteiger charge is -2.14. The van der Waals surface area contributed by atoms with Crippen molar-refractivity contribution in [1.29, 1.82) is 0 Å². The Labute approximate surface area is 111 Å². The lowest BCUT2D eigenvalue weighted by atomic mass is 9.94. The van der Waals surface area contributed by atoms with Crippen LogP contribution in [0, 0.1) is 6.92 Å². The number of hydrogen-bond donors (Lipinski definition) is 0. The van der Waals surface area contributed by atoms with Crippen molar-refractivity contribution in [3.63, 3.8) is 0 Å². The summed E-state index contributed by atoms with van der Waals surface area (Å²) in [6.45, 7) is 6.48. The van der Waals surface area contributed by atoms with E-state index in [-0.39, 0.29) is 0 Å². The topological polar surface area (TPSA) is 18.5 Å². The maximum atomic E-state index is 5.28. The predicted molar refractivity (Wildman–Crippen MR) is 76.4 cm³/mol. The molecule has 0 spiro atoms. The molecule has 0 saturated carbocycles. The summed E-state index contributed by atoms with van der Waals surface area (Å²) in [7, 11) is 3.36. The maximum Gasteiger partial charge on any atom is 0.122 e. The Morgan fingerprint density at radius 2 is 1.61 bits per heavy atom. The second-order valence-electron chi connectivity index (χ2n) is 4.69. The van der Waals surface area contributed by atoms with Gasteiger partial charge in [0.25, 0.3) is 0 Å². The van der Waals surface area contributed by atoms with Crippen molar-refractivity contribution in [3.8, 4) is 11.5 Å². The molecule has 1 radical (unpaired) electrons. The average Bonchev–Trinajstić information content (AvgIpc) is 2.42. The lowest BCUT2D eigenvalue weighted by molar-refractivity contribution is 0.392. The summed E-state index contributed by atoms with van der Waals surface area (Å²) in [5, 5.41) is 0. The number of unbranched alkanes of at least 4 members (excludes halogenated alkanes) is 3. The molecule has 1 atom stereocenters. The molecule has 18 heavy (non-hydrogen) atoms. The Bertz CT molecular complexity index is 325. The van der Waals surface area contributed by atoms with Crippen LogP contribution in [0.3, 0.4) is 0 Å². The predicted octanol–water partition coefficient (Wildman–Crippen LogP) is 4.59. The van der Waals surface area contributed by atoms with Crippen molar-refractivity contribution in [2.24, 2.45) is 0 Å². The van der Waals surface area contributed by atoms with Crippen molar-refractivity contribution in [2.45, 2.75) is 44.9 Å². The summed E-state index contributed by atoms with van der Waals surface area (Å²) in [6, 6.07) is 6.01. The van der Waals surface area contributed by atoms with Gasteiger partial charge in [0.15, 0.2) is 0 Å². The standard InChI is InChI=1S/C16H25O2/c1-5-6-7-8-9-13(2)14-10-15(17-3)12-16(11-14)18-4/h10-13H,2,5-9H2,1,3-4H3. The first kappa shape index (κ1) is 14.9. The van der Waals surface area contributed by atoms with E-state index in [1.807, 2.05) is 6.07 Å². The Hall–Kier alpha value is -1.18. The van der Waals surface area contributed by atoms with Crippen LogP contribution in [0.15, 0.2) is 18.2 Å². The molecule has 1 aromatic carbocycles. The minimum absolute atomic E-state index is 0.311. The summed E-state index contributed by atoms with van der Waals surface area (Å²) >= 11 is 0. The van der Waals surface area contributed by atoms with E-state index in [0.29, 0.717) is 5.92 Å². The van der Waals surface area contributed by atoms with Gasteiger partial charge in [-0.05, 0) is 37.0 Å². The van der Waals surface area contributed by atoms with Crippen LogP contribution in [0.5, 0.6) is 11.5 Å². The SMILES string of the molecule is [CH2]C(CCCCCC)c1cc(OC)cc(OC)c1. The molecule has 0 amide bonds. The van der Waals surface area contributed by atoms with Gasteiger partial charge >= 0.3 is 0 Å². The third-order valence-corrected chi connectivity index (χ3v) is 3.25. The number of rotatable bonds is 8. The van der Waals surface area contributed by atoms with Crippen LogP contribution in [-0.4, -0.2) is 14.2 Å². The Balaban J connectivity index is 2.63. The molecule has 0 N–H and O–H groups in total. The summed E-state index contributed by atoms with van der Waals surface area (Å²) in [6.07, 6.45) is 6.24. The zero-order valence-corrected chi connectivity index (χ0v) is 11.9. The fraction of sp³-hybridized carbons (Fsp3) is 0.562. The molecule has 0 aliphatic carbocycles. The largest absolute Gasteiger partial charge is 0.497 e. The van der Waals surface area contributed by atoms with E-state index in [2.05, 4.69) is 26.0 Å². The van der Waals surface area contributed by atoms with E-state index in [1.54, 1.807) is 14.2 Å². The third-order valence-electron chi connectivity index (χ3n) is 3.25. The molecule has 0 saturated heterocycles. The smallest absolute Gasteiger partial charge is 0.122 e. The van der Waals surface area contributed by atoms with Gasteiger partial charge in [0.1, 0.15) is 11.5 Å². The first-order chi connectivity index (χ1) is 8.71. The molecule has 0 bridgehead atoms. The quantitative estimate of drug-likeness (QED) is 0.627. The van der Waals surface area contributed by atoms with E-state index in [1.165, 1.54) is 31.2 Å². The van der Waals surface area contributed by atoms with Crippen LogP contribution < -0.4 is 9.47 Å². The molecule has 0 aliphatic heterocycles. The Kier molecular flexibility index (Phi) is 6.63. The molecular formula is C16H25O2. The first-order valence-electron chi connectivity index (χ1n) is 6.77. The highest BCUT2D eigenvalue weighted by atomic mass is 16.5. The van der Waals surface area contributed by atoms with Crippen LogP contribution in [0.1, 0.15) is 50.5 Å². The third kappa shape index (κ3) is 4.59. The van der Waals surface area contributed by atoms with Gasteiger partial charge in [-0.15, -0.1) is 0 Å². The van der Waals surface area contributed by atoms with Crippen LogP contribution in [0.2, 0.25) is 0 Å². The maximum absolute atomic E-state index is 5.28. The van der Waals surface area contributed by atoms with Crippen molar-refractivity contribution in [1.82, 2.24) is 0 Å². The minimum Gasteiger partial charge on any atom is -0.497 e. The monoisotopic (exact) mass is 249 g/mol. The highest BCUT2D eigenvalue weighted by Gasteiger charge is 2.09. The number of methoxy groups -OCH3 is 2. The van der Waals surface area contributed by atoms with E-state index in [0.717, 1.165) is 17.9 Å². The minimum atomic E-state index is 0.311. The van der Waals surface area contributed by atoms with Crippen LogP contribution in [-0.2, 0) is 0 Å². The lowest BCUT2D eigenvalue weighted by Crippen LogP contribution is -1.97. The summed E-state index contributed by atoms with van der Waals surface area (Å²) in [5.41, 5.74) is 1.20. The van der Waals surface area contributed by atoms with Crippen molar-refractivity contribution in [3.05, 3.63) is 30.7 Å².